The third-order valence-electron chi connectivity index (χ3n) is 6.42. The number of nitrogens with one attached hydrogen (secondary N) is 2. The molecule has 3 aromatic rings. The van der Waals surface area contributed by atoms with E-state index in [1.807, 2.05) is 0 Å². The summed E-state index contributed by atoms with van der Waals surface area (Å²) in [5.41, 5.74) is 2.74. The number of aromatic nitrogens is 2. The normalized spacial score (nSPS) is 11.0. The molecule has 3 N–H and O–H groups in total. The Kier molecular flexibility index (Phi) is 17.3. The van der Waals surface area contributed by atoms with E-state index in [9.17, 15) is 40.4 Å². The van der Waals surface area contributed by atoms with Gasteiger partial charge in [0.2, 0.25) is 23.6 Å². The largest absolute Gasteiger partial charge is 0.478 e. The summed E-state index contributed by atoms with van der Waals surface area (Å²) in [5.74, 6) is -4.52. The van der Waals surface area contributed by atoms with Crippen molar-refractivity contribution in [2.75, 3.05) is 35.9 Å². The van der Waals surface area contributed by atoms with E-state index in [4.69, 9.17) is 21.4 Å². The van der Waals surface area contributed by atoms with Crippen molar-refractivity contribution in [1.82, 2.24) is 14.7 Å². The van der Waals surface area contributed by atoms with Crippen LogP contribution in [0.1, 0.15) is 48.7 Å². The highest BCUT2D eigenvalue weighted by atomic mass is 35.5. The average molecular weight is 766 g/mol. The summed E-state index contributed by atoms with van der Waals surface area (Å²) in [5, 5.41) is 10.7. The Morgan fingerprint density at radius 3 is 1.96 bits per heavy atom. The highest BCUT2D eigenvalue weighted by molar-refractivity contribution is 7.90. The molecule has 0 atom stereocenters. The van der Waals surface area contributed by atoms with Gasteiger partial charge in [-0.1, -0.05) is 51.1 Å². The number of ether oxygens (including phenoxy) is 3. The standard InChI is InChI=1S/C17H26ClNO2.C14H10F4N4O7S/c1-4-11-21-12-10-19(16(20)13-18)17-14(5-2)8-7-9-15(17)6-3;15-11(16)28-8-5-9(29-12(17)18)20-13(19-8)21-14(25)22-30(26,27)7-4-2-1-3-6(7)10(23)24/h7-9H,4-6,10-13H2,1-3H3;1-5,11-12H,(H,23,24)(H2,19,20,21,22,25). The van der Waals surface area contributed by atoms with Crippen LogP contribution in [0.25, 0.3) is 0 Å². The fourth-order valence-corrected chi connectivity index (χ4v) is 5.59. The second-order valence-corrected chi connectivity index (χ2v) is 11.8. The van der Waals surface area contributed by atoms with Gasteiger partial charge in [0.25, 0.3) is 10.0 Å². The van der Waals surface area contributed by atoms with Gasteiger partial charge in [-0.05, 0) is 42.5 Å². The van der Waals surface area contributed by atoms with Crippen LogP contribution in [0.15, 0.2) is 53.4 Å². The molecule has 0 saturated heterocycles. The van der Waals surface area contributed by atoms with E-state index in [2.05, 4.69) is 58.4 Å². The van der Waals surface area contributed by atoms with Gasteiger partial charge in [0.1, 0.15) is 10.8 Å². The Bertz CT molecular complexity index is 1690. The van der Waals surface area contributed by atoms with Crippen molar-refractivity contribution in [3.63, 3.8) is 0 Å². The minimum absolute atomic E-state index is 0.00498. The number of anilines is 2. The number of hydrogen-bond acceptors (Lipinski definition) is 10. The lowest BCUT2D eigenvalue weighted by molar-refractivity contribution is -0.116. The maximum atomic E-state index is 12.3. The number of amides is 3. The lowest BCUT2D eigenvalue weighted by Crippen LogP contribution is -2.36. The second kappa shape index (κ2) is 20.8. The molecule has 0 saturated carbocycles. The van der Waals surface area contributed by atoms with Crippen LogP contribution in [0.3, 0.4) is 0 Å². The Morgan fingerprint density at radius 1 is 0.902 bits per heavy atom. The molecule has 0 radical (unpaired) electrons. The van der Waals surface area contributed by atoms with Gasteiger partial charge in [0.05, 0.1) is 23.9 Å². The number of urea groups is 1. The van der Waals surface area contributed by atoms with Gasteiger partial charge in [-0.3, -0.25) is 10.1 Å². The number of carbonyl (C=O) groups excluding carboxylic acids is 2. The molecule has 0 unspecified atom stereocenters. The van der Waals surface area contributed by atoms with Crippen molar-refractivity contribution >= 4 is 51.2 Å². The van der Waals surface area contributed by atoms with Crippen molar-refractivity contribution in [2.45, 2.75) is 58.2 Å². The van der Waals surface area contributed by atoms with E-state index >= 15 is 0 Å². The summed E-state index contributed by atoms with van der Waals surface area (Å²) < 4.78 is 88.6. The minimum Gasteiger partial charge on any atom is -0.478 e. The molecule has 1 aromatic heterocycles. The van der Waals surface area contributed by atoms with Gasteiger partial charge in [-0.2, -0.15) is 27.5 Å². The molecule has 51 heavy (non-hydrogen) atoms. The molecule has 280 valence electrons. The lowest BCUT2D eigenvalue weighted by Gasteiger charge is -2.27. The number of carboxylic acids is 1. The Hall–Kier alpha value is -4.75. The van der Waals surface area contributed by atoms with E-state index in [0.29, 0.717) is 19.2 Å². The molecule has 0 bridgehead atoms. The fourth-order valence-electron chi connectivity index (χ4n) is 4.34. The zero-order valence-electron chi connectivity index (χ0n) is 27.6. The predicted molar refractivity (Wildman–Crippen MR) is 177 cm³/mol. The maximum Gasteiger partial charge on any atom is 0.388 e. The highest BCUT2D eigenvalue weighted by Crippen LogP contribution is 2.27. The molecular formula is C31H36ClF4N5O9S. The van der Waals surface area contributed by atoms with Gasteiger partial charge in [0.15, 0.2) is 0 Å². The molecular weight excluding hydrogens is 730 g/mol. The molecule has 20 heteroatoms. The van der Waals surface area contributed by atoms with E-state index in [0.717, 1.165) is 43.7 Å². The molecule has 3 rings (SSSR count). The first-order chi connectivity index (χ1) is 24.2. The van der Waals surface area contributed by atoms with E-state index in [1.54, 1.807) is 10.2 Å². The highest BCUT2D eigenvalue weighted by Gasteiger charge is 2.25. The quantitative estimate of drug-likeness (QED) is 0.0870. The van der Waals surface area contributed by atoms with Gasteiger partial charge in [0, 0.05) is 13.2 Å². The van der Waals surface area contributed by atoms with Crippen molar-refractivity contribution in [3.8, 4) is 11.8 Å². The molecule has 0 spiro atoms. The molecule has 0 fully saturated rings. The topological polar surface area (TPSA) is 186 Å². The number of para-hydroxylation sites is 1. The molecule has 3 amide bonds. The SMILES string of the molecule is CCCOCCN(C(=O)CCl)c1c(CC)cccc1CC.O=C(Nc1nc(OC(F)F)cc(OC(F)F)n1)NS(=O)(=O)c1ccccc1C(=O)O. The summed E-state index contributed by atoms with van der Waals surface area (Å²) in [6.45, 7) is 1.28. The smallest absolute Gasteiger partial charge is 0.388 e. The van der Waals surface area contributed by atoms with Gasteiger partial charge in [-0.15, -0.1) is 11.6 Å². The number of halogens is 5. The zero-order chi connectivity index (χ0) is 38.1. The average Bonchev–Trinajstić information content (AvgIpc) is 3.07. The molecule has 0 aliphatic rings. The van der Waals surface area contributed by atoms with Crippen LogP contribution in [0, 0.1) is 0 Å². The maximum absolute atomic E-state index is 12.3. The van der Waals surface area contributed by atoms with Gasteiger partial charge >= 0.3 is 25.2 Å². The minimum atomic E-state index is -4.71. The monoisotopic (exact) mass is 765 g/mol. The van der Waals surface area contributed by atoms with Gasteiger partial charge in [-0.25, -0.2) is 22.7 Å². The molecule has 1 heterocycles. The second-order valence-electron chi connectivity index (χ2n) is 9.91. The Labute approximate surface area is 296 Å². The van der Waals surface area contributed by atoms with Crippen LogP contribution in [0.5, 0.6) is 11.8 Å². The van der Waals surface area contributed by atoms with E-state index in [-0.39, 0.29) is 11.8 Å². The van der Waals surface area contributed by atoms with Crippen LogP contribution in [-0.2, 0) is 32.4 Å². The van der Waals surface area contributed by atoms with Crippen molar-refractivity contribution < 1.29 is 59.7 Å². The number of nitrogens with zero attached hydrogens (tertiary/aromatic N) is 3. The number of aromatic carboxylic acids is 1. The van der Waals surface area contributed by atoms with E-state index < -0.39 is 63.4 Å². The number of alkyl halides is 5. The van der Waals surface area contributed by atoms with E-state index in [1.165, 1.54) is 28.0 Å². The van der Waals surface area contributed by atoms with Crippen LogP contribution in [0.4, 0.5) is 34.0 Å². The third-order valence-corrected chi connectivity index (χ3v) is 8.03. The van der Waals surface area contributed by atoms with Crippen molar-refractivity contribution in [2.24, 2.45) is 0 Å². The van der Waals surface area contributed by atoms with Crippen LogP contribution in [0.2, 0.25) is 0 Å². The first-order valence-corrected chi connectivity index (χ1v) is 17.2. The summed E-state index contributed by atoms with van der Waals surface area (Å²) in [4.78, 5) is 42.9. The van der Waals surface area contributed by atoms with Crippen LogP contribution >= 0.6 is 11.6 Å². The first kappa shape index (κ1) is 42.4. The summed E-state index contributed by atoms with van der Waals surface area (Å²) >= 11 is 5.80. The molecule has 0 aliphatic carbocycles. The summed E-state index contributed by atoms with van der Waals surface area (Å²) in [6, 6.07) is 9.44. The number of aryl methyl sites for hydroxylation is 2. The molecule has 0 aliphatic heterocycles. The van der Waals surface area contributed by atoms with Crippen molar-refractivity contribution in [1.29, 1.82) is 0 Å². The number of carbonyl (C=O) groups is 3. The number of rotatable bonds is 17. The summed E-state index contributed by atoms with van der Waals surface area (Å²) in [6.07, 6.45) is 2.77. The Morgan fingerprint density at radius 2 is 1.47 bits per heavy atom. The third kappa shape index (κ3) is 13.5. The fraction of sp³-hybridized carbons (Fsp3) is 0.387. The van der Waals surface area contributed by atoms with Crippen molar-refractivity contribution in [3.05, 3.63) is 65.2 Å². The lowest BCUT2D eigenvalue weighted by atomic mass is 10.0. The number of hydrogen-bond donors (Lipinski definition) is 3. The number of benzene rings is 2. The number of carboxylic acid groups (broad SMARTS) is 1. The number of sulfonamides is 1. The molecule has 2 aromatic carbocycles. The summed E-state index contributed by atoms with van der Waals surface area (Å²) in [7, 11) is -4.71. The Balaban J connectivity index is 0.000000377. The van der Waals surface area contributed by atoms with Crippen LogP contribution < -0.4 is 24.4 Å². The van der Waals surface area contributed by atoms with Crippen LogP contribution in [-0.4, -0.2) is 80.3 Å². The zero-order valence-corrected chi connectivity index (χ0v) is 29.1. The van der Waals surface area contributed by atoms with Gasteiger partial charge < -0.3 is 24.2 Å². The predicted octanol–water partition coefficient (Wildman–Crippen LogP) is 5.70. The first-order valence-electron chi connectivity index (χ1n) is 15.2. The molecule has 14 nitrogen and oxygen atoms in total.